The lowest BCUT2D eigenvalue weighted by Gasteiger charge is -2.05. The summed E-state index contributed by atoms with van der Waals surface area (Å²) in [6, 6.07) is 6.79. The van der Waals surface area contributed by atoms with E-state index in [9.17, 15) is 4.79 Å². The zero-order chi connectivity index (χ0) is 9.68. The Bertz CT molecular complexity index is 318. The Morgan fingerprint density at radius 1 is 1.54 bits per heavy atom. The van der Waals surface area contributed by atoms with Gasteiger partial charge in [-0.2, -0.15) is 0 Å². The highest BCUT2D eigenvalue weighted by atomic mass is 16.5. The Kier molecular flexibility index (Phi) is 3.23. The van der Waals surface area contributed by atoms with Gasteiger partial charge in [0.2, 0.25) is 0 Å². The zero-order valence-electron chi connectivity index (χ0n) is 7.06. The molecule has 0 saturated carbocycles. The van der Waals surface area contributed by atoms with Crippen molar-refractivity contribution in [3.05, 3.63) is 42.5 Å². The van der Waals surface area contributed by atoms with Crippen LogP contribution in [0.4, 0.5) is 0 Å². The van der Waals surface area contributed by atoms with Gasteiger partial charge < -0.3 is 9.84 Å². The van der Waals surface area contributed by atoms with Crippen molar-refractivity contribution >= 4 is 5.97 Å². The van der Waals surface area contributed by atoms with E-state index >= 15 is 0 Å². The van der Waals surface area contributed by atoms with Gasteiger partial charge in [-0.25, -0.2) is 4.79 Å². The van der Waals surface area contributed by atoms with Gasteiger partial charge in [0, 0.05) is 11.6 Å². The van der Waals surface area contributed by atoms with Crippen molar-refractivity contribution in [1.82, 2.24) is 0 Å². The van der Waals surface area contributed by atoms with Crippen LogP contribution in [0.25, 0.3) is 0 Å². The molecule has 0 aliphatic heterocycles. The molecule has 1 N–H and O–H groups in total. The van der Waals surface area contributed by atoms with Crippen LogP contribution >= 0.6 is 0 Å². The molecule has 0 radical (unpaired) electrons. The van der Waals surface area contributed by atoms with E-state index < -0.39 is 5.97 Å². The molecule has 0 saturated heterocycles. The fraction of sp³-hybridized carbons (Fsp3) is 0.100. The maximum Gasteiger partial charge on any atom is 0.335 e. The lowest BCUT2D eigenvalue weighted by atomic mass is 10.2. The van der Waals surface area contributed by atoms with Gasteiger partial charge in [0.1, 0.15) is 5.75 Å². The summed E-state index contributed by atoms with van der Waals surface area (Å²) in [5.74, 6) is -0.157. The Balaban J connectivity index is 2.86. The molecule has 0 atom stereocenters. The van der Waals surface area contributed by atoms with Gasteiger partial charge in [0.15, 0.2) is 0 Å². The van der Waals surface area contributed by atoms with Gasteiger partial charge in [0.25, 0.3) is 0 Å². The number of ether oxygens (including phenoxy) is 1. The predicted molar refractivity (Wildman–Crippen MR) is 48.2 cm³/mol. The van der Waals surface area contributed by atoms with Gasteiger partial charge in [-0.3, -0.25) is 0 Å². The zero-order valence-corrected chi connectivity index (χ0v) is 7.06. The molecule has 0 heterocycles. The first-order valence-electron chi connectivity index (χ1n) is 3.81. The first kappa shape index (κ1) is 9.48. The fourth-order valence-electron chi connectivity index (χ4n) is 0.884. The average Bonchev–Trinajstić information content (AvgIpc) is 2.18. The lowest BCUT2D eigenvalue weighted by Crippen LogP contribution is -2.05. The van der Waals surface area contributed by atoms with Crippen molar-refractivity contribution in [2.75, 3.05) is 0 Å². The van der Waals surface area contributed by atoms with Crippen LogP contribution in [0.15, 0.2) is 36.9 Å². The maximum atomic E-state index is 10.8. The van der Waals surface area contributed by atoms with Crippen molar-refractivity contribution in [2.45, 2.75) is 6.61 Å². The van der Waals surface area contributed by atoms with Gasteiger partial charge in [0.05, 0.1) is 6.61 Å². The molecule has 0 bridgehead atoms. The van der Waals surface area contributed by atoms with Crippen molar-refractivity contribution in [3.8, 4) is 5.75 Å². The number of benzene rings is 1. The molecule has 1 aromatic rings. The highest BCUT2D eigenvalue weighted by molar-refractivity contribution is 5.83. The van der Waals surface area contributed by atoms with Crippen LogP contribution in [-0.2, 0) is 11.4 Å². The molecule has 0 aliphatic rings. The molecule has 3 nitrogen and oxygen atoms in total. The Morgan fingerprint density at radius 3 is 2.85 bits per heavy atom. The number of esters is 1. The number of aliphatic hydroxyl groups is 1. The highest BCUT2D eigenvalue weighted by Gasteiger charge is 2.04. The van der Waals surface area contributed by atoms with E-state index in [0.29, 0.717) is 11.3 Å². The number of rotatable bonds is 3. The number of para-hydroxylation sites is 1. The van der Waals surface area contributed by atoms with Crippen molar-refractivity contribution < 1.29 is 14.6 Å². The molecule has 3 heteroatoms. The summed E-state index contributed by atoms with van der Waals surface area (Å²) < 4.78 is 4.87. The Morgan fingerprint density at radius 2 is 2.23 bits per heavy atom. The van der Waals surface area contributed by atoms with Gasteiger partial charge in [-0.15, -0.1) is 0 Å². The van der Waals surface area contributed by atoms with Crippen LogP contribution in [0.1, 0.15) is 5.56 Å². The summed E-state index contributed by atoms with van der Waals surface area (Å²) in [5, 5.41) is 8.89. The maximum absolute atomic E-state index is 10.8. The molecule has 0 unspecified atom stereocenters. The molecule has 0 amide bonds. The van der Waals surface area contributed by atoms with Crippen molar-refractivity contribution in [1.29, 1.82) is 0 Å². The summed E-state index contributed by atoms with van der Waals surface area (Å²) in [7, 11) is 0. The average molecular weight is 178 g/mol. The molecule has 1 rings (SSSR count). The number of carbonyl (C=O) groups excluding carboxylic acids is 1. The van der Waals surface area contributed by atoms with Crippen molar-refractivity contribution in [2.24, 2.45) is 0 Å². The number of carbonyl (C=O) groups is 1. The van der Waals surface area contributed by atoms with Crippen LogP contribution in [-0.4, -0.2) is 11.1 Å². The SMILES string of the molecule is C=CC(=O)Oc1ccccc1CO. The second-order valence-electron chi connectivity index (χ2n) is 2.39. The van der Waals surface area contributed by atoms with Crippen molar-refractivity contribution in [3.63, 3.8) is 0 Å². The fourth-order valence-corrected chi connectivity index (χ4v) is 0.884. The summed E-state index contributed by atoms with van der Waals surface area (Å²) in [5.41, 5.74) is 0.581. The van der Waals surface area contributed by atoms with Crippen LogP contribution in [0.2, 0.25) is 0 Å². The second-order valence-corrected chi connectivity index (χ2v) is 2.39. The lowest BCUT2D eigenvalue weighted by molar-refractivity contribution is -0.129. The van der Waals surface area contributed by atoms with Gasteiger partial charge in [-0.1, -0.05) is 24.8 Å². The molecule has 0 fully saturated rings. The molecule has 13 heavy (non-hydrogen) atoms. The summed E-state index contributed by atoms with van der Waals surface area (Å²) in [4.78, 5) is 10.8. The normalized spacial score (nSPS) is 9.31. The first-order valence-corrected chi connectivity index (χ1v) is 3.81. The summed E-state index contributed by atoms with van der Waals surface area (Å²) >= 11 is 0. The molecule has 68 valence electrons. The van der Waals surface area contributed by atoms with Gasteiger partial charge in [-0.05, 0) is 6.07 Å². The number of hydrogen-bond acceptors (Lipinski definition) is 3. The number of hydrogen-bond donors (Lipinski definition) is 1. The Hall–Kier alpha value is -1.61. The topological polar surface area (TPSA) is 46.5 Å². The third-order valence-corrected chi connectivity index (χ3v) is 1.52. The van der Waals surface area contributed by atoms with E-state index in [2.05, 4.69) is 6.58 Å². The van der Waals surface area contributed by atoms with E-state index in [1.54, 1.807) is 24.3 Å². The third-order valence-electron chi connectivity index (χ3n) is 1.52. The predicted octanol–water partition coefficient (Wildman–Crippen LogP) is 1.27. The third kappa shape index (κ3) is 2.42. The molecule has 0 spiro atoms. The highest BCUT2D eigenvalue weighted by Crippen LogP contribution is 2.17. The van der Waals surface area contributed by atoms with E-state index in [1.807, 2.05) is 0 Å². The Labute approximate surface area is 76.3 Å². The second kappa shape index (κ2) is 4.42. The molecule has 0 aromatic heterocycles. The van der Waals surface area contributed by atoms with Gasteiger partial charge >= 0.3 is 5.97 Å². The van der Waals surface area contributed by atoms with E-state index in [4.69, 9.17) is 9.84 Å². The minimum atomic E-state index is -0.527. The minimum absolute atomic E-state index is 0.152. The first-order chi connectivity index (χ1) is 6.27. The summed E-state index contributed by atoms with van der Waals surface area (Å²) in [6.45, 7) is 3.12. The molecular weight excluding hydrogens is 168 g/mol. The monoisotopic (exact) mass is 178 g/mol. The van der Waals surface area contributed by atoms with Crippen LogP contribution in [0.5, 0.6) is 5.75 Å². The largest absolute Gasteiger partial charge is 0.423 e. The standard InChI is InChI=1S/C10H10O3/c1-2-10(12)13-9-6-4-3-5-8(9)7-11/h2-6,11H,1,7H2. The van der Waals surface area contributed by atoms with Crippen LogP contribution in [0.3, 0.4) is 0 Å². The molecular formula is C10H10O3. The minimum Gasteiger partial charge on any atom is -0.423 e. The molecule has 0 aliphatic carbocycles. The quantitative estimate of drug-likeness (QED) is 0.430. The smallest absolute Gasteiger partial charge is 0.335 e. The van der Waals surface area contributed by atoms with Crippen LogP contribution < -0.4 is 4.74 Å². The van der Waals surface area contributed by atoms with E-state index in [1.165, 1.54) is 0 Å². The van der Waals surface area contributed by atoms with Crippen LogP contribution in [0, 0.1) is 0 Å². The van der Waals surface area contributed by atoms with E-state index in [-0.39, 0.29) is 6.61 Å². The van der Waals surface area contributed by atoms with E-state index in [0.717, 1.165) is 6.08 Å². The molecule has 1 aromatic carbocycles. The number of aliphatic hydroxyl groups excluding tert-OH is 1. The summed E-state index contributed by atoms with van der Waals surface area (Å²) in [6.07, 6.45) is 1.08.